The lowest BCUT2D eigenvalue weighted by atomic mass is 10.3. The first-order chi connectivity index (χ1) is 10.5. The monoisotopic (exact) mass is 339 g/mol. The zero-order valence-electron chi connectivity index (χ0n) is 11.7. The van der Waals surface area contributed by atoms with E-state index in [0.29, 0.717) is 32.6 Å². The third-order valence-electron chi connectivity index (χ3n) is 3.21. The molecule has 114 valence electrons. The number of carbonyl (C=O) groups is 1. The van der Waals surface area contributed by atoms with E-state index in [4.69, 9.17) is 37.1 Å². The molecule has 3 aromatic rings. The number of ether oxygens (including phenoxy) is 2. The van der Waals surface area contributed by atoms with Gasteiger partial charge in [0.05, 0.1) is 17.6 Å². The molecule has 1 aromatic carbocycles. The Morgan fingerprint density at radius 3 is 2.64 bits per heavy atom. The van der Waals surface area contributed by atoms with E-state index >= 15 is 0 Å². The molecule has 0 saturated heterocycles. The van der Waals surface area contributed by atoms with E-state index in [1.54, 1.807) is 41.9 Å². The predicted octanol–water partition coefficient (Wildman–Crippen LogP) is 4.66. The predicted molar refractivity (Wildman–Crippen MR) is 83.1 cm³/mol. The molecular weight excluding hydrogens is 329 g/mol. The number of halogens is 2. The van der Waals surface area contributed by atoms with Gasteiger partial charge in [0.25, 0.3) is 5.95 Å². The van der Waals surface area contributed by atoms with Crippen LogP contribution >= 0.6 is 23.2 Å². The number of hydrogen-bond acceptors (Lipinski definition) is 4. The molecular formula is C15H11Cl2NO4. The lowest BCUT2D eigenvalue weighted by Gasteiger charge is -2.04. The van der Waals surface area contributed by atoms with Gasteiger partial charge in [-0.15, -0.1) is 0 Å². The lowest BCUT2D eigenvalue weighted by Crippen LogP contribution is -2.06. The quantitative estimate of drug-likeness (QED) is 0.651. The number of benzene rings is 1. The summed E-state index contributed by atoms with van der Waals surface area (Å²) >= 11 is 11.9. The van der Waals surface area contributed by atoms with Crippen molar-refractivity contribution in [1.82, 2.24) is 4.57 Å². The fourth-order valence-electron chi connectivity index (χ4n) is 2.11. The van der Waals surface area contributed by atoms with E-state index in [1.807, 2.05) is 0 Å². The number of aryl methyl sites for hydroxylation is 1. The van der Waals surface area contributed by atoms with Gasteiger partial charge in [-0.2, -0.15) is 0 Å². The SMILES string of the molecule is COC(=O)c1cc2oc(Oc3ccc(Cl)cc3Cl)cc2n1C. The number of furan rings is 1. The molecule has 0 aliphatic carbocycles. The molecule has 5 nitrogen and oxygen atoms in total. The maximum Gasteiger partial charge on any atom is 0.354 e. The fraction of sp³-hybridized carbons (Fsp3) is 0.133. The second-order valence-electron chi connectivity index (χ2n) is 4.57. The minimum Gasteiger partial charge on any atom is -0.464 e. The maximum absolute atomic E-state index is 11.6. The molecule has 0 N–H and O–H groups in total. The van der Waals surface area contributed by atoms with Crippen LogP contribution in [0.2, 0.25) is 10.0 Å². The fourth-order valence-corrected chi connectivity index (χ4v) is 2.55. The summed E-state index contributed by atoms with van der Waals surface area (Å²) < 4.78 is 17.5. The molecule has 0 radical (unpaired) electrons. The lowest BCUT2D eigenvalue weighted by molar-refractivity contribution is 0.0590. The molecule has 7 heteroatoms. The van der Waals surface area contributed by atoms with Gasteiger partial charge in [-0.1, -0.05) is 23.2 Å². The third kappa shape index (κ3) is 2.53. The van der Waals surface area contributed by atoms with Crippen LogP contribution in [-0.2, 0) is 11.8 Å². The molecule has 0 unspecified atom stereocenters. The second kappa shape index (κ2) is 5.59. The minimum atomic E-state index is -0.433. The first-order valence-electron chi connectivity index (χ1n) is 6.30. The van der Waals surface area contributed by atoms with E-state index < -0.39 is 5.97 Å². The Morgan fingerprint density at radius 2 is 2.00 bits per heavy atom. The average molecular weight is 340 g/mol. The van der Waals surface area contributed by atoms with E-state index in [0.717, 1.165) is 0 Å². The number of carbonyl (C=O) groups excluding carboxylic acids is 1. The van der Waals surface area contributed by atoms with Crippen LogP contribution in [0, 0.1) is 0 Å². The van der Waals surface area contributed by atoms with Gasteiger partial charge in [-0.25, -0.2) is 4.79 Å². The van der Waals surface area contributed by atoms with Crippen LogP contribution in [0.25, 0.3) is 11.1 Å². The molecule has 2 heterocycles. The van der Waals surface area contributed by atoms with E-state index in [2.05, 4.69) is 0 Å². The van der Waals surface area contributed by atoms with E-state index in [1.165, 1.54) is 7.11 Å². The van der Waals surface area contributed by atoms with Crippen molar-refractivity contribution in [2.24, 2.45) is 7.05 Å². The highest BCUT2D eigenvalue weighted by molar-refractivity contribution is 6.35. The molecule has 2 aromatic heterocycles. The van der Waals surface area contributed by atoms with Crippen LogP contribution in [-0.4, -0.2) is 17.6 Å². The summed E-state index contributed by atoms with van der Waals surface area (Å²) in [5.74, 6) is 0.261. The highest BCUT2D eigenvalue weighted by Gasteiger charge is 2.18. The van der Waals surface area contributed by atoms with Gasteiger partial charge in [-0.3, -0.25) is 0 Å². The van der Waals surface area contributed by atoms with Crippen molar-refractivity contribution in [3.63, 3.8) is 0 Å². The summed E-state index contributed by atoms with van der Waals surface area (Å²) in [5.41, 5.74) is 1.62. The summed E-state index contributed by atoms with van der Waals surface area (Å²) in [6, 6.07) is 8.17. The van der Waals surface area contributed by atoms with Crippen LogP contribution in [0.1, 0.15) is 10.5 Å². The summed E-state index contributed by atoms with van der Waals surface area (Å²) in [5, 5.41) is 0.896. The van der Waals surface area contributed by atoms with Gasteiger partial charge in [0.15, 0.2) is 5.58 Å². The smallest absolute Gasteiger partial charge is 0.354 e. The Balaban J connectivity index is 1.94. The van der Waals surface area contributed by atoms with E-state index in [-0.39, 0.29) is 5.95 Å². The zero-order valence-corrected chi connectivity index (χ0v) is 13.2. The number of rotatable bonds is 3. The molecule has 0 saturated carbocycles. The molecule has 3 rings (SSSR count). The van der Waals surface area contributed by atoms with Crippen LogP contribution in [0.5, 0.6) is 11.7 Å². The topological polar surface area (TPSA) is 53.6 Å². The molecule has 0 spiro atoms. The van der Waals surface area contributed by atoms with Gasteiger partial charge in [0, 0.05) is 24.2 Å². The van der Waals surface area contributed by atoms with Crippen molar-refractivity contribution in [3.8, 4) is 11.7 Å². The summed E-state index contributed by atoms with van der Waals surface area (Å²) in [7, 11) is 3.07. The number of nitrogens with zero attached hydrogens (tertiary/aromatic N) is 1. The Bertz CT molecular complexity index is 866. The van der Waals surface area contributed by atoms with Crippen molar-refractivity contribution < 1.29 is 18.7 Å². The molecule has 0 aliphatic rings. The first-order valence-corrected chi connectivity index (χ1v) is 7.05. The van der Waals surface area contributed by atoms with Crippen molar-refractivity contribution in [2.75, 3.05) is 7.11 Å². The third-order valence-corrected chi connectivity index (χ3v) is 3.74. The van der Waals surface area contributed by atoms with E-state index in [9.17, 15) is 4.79 Å². The summed E-state index contributed by atoms with van der Waals surface area (Å²) in [6.45, 7) is 0. The van der Waals surface area contributed by atoms with Gasteiger partial charge in [0.2, 0.25) is 0 Å². The zero-order chi connectivity index (χ0) is 15.9. The minimum absolute atomic E-state index is 0.265. The van der Waals surface area contributed by atoms with Crippen LogP contribution in [0.4, 0.5) is 0 Å². The summed E-state index contributed by atoms with van der Waals surface area (Å²) in [4.78, 5) is 11.6. The second-order valence-corrected chi connectivity index (χ2v) is 5.42. The van der Waals surface area contributed by atoms with Crippen LogP contribution < -0.4 is 4.74 Å². The number of esters is 1. The van der Waals surface area contributed by atoms with Crippen molar-refractivity contribution in [1.29, 1.82) is 0 Å². The number of aromatic nitrogens is 1. The average Bonchev–Trinajstić information content (AvgIpc) is 3.01. The number of hydrogen-bond donors (Lipinski definition) is 0. The Kier molecular flexibility index (Phi) is 3.76. The molecule has 0 bridgehead atoms. The molecule has 0 atom stereocenters. The molecule has 0 amide bonds. The molecule has 0 fully saturated rings. The first kappa shape index (κ1) is 14.8. The highest BCUT2D eigenvalue weighted by atomic mass is 35.5. The largest absolute Gasteiger partial charge is 0.464 e. The highest BCUT2D eigenvalue weighted by Crippen LogP contribution is 2.35. The Hall–Kier alpha value is -2.11. The number of fused-ring (bicyclic) bond motifs is 1. The van der Waals surface area contributed by atoms with Gasteiger partial charge >= 0.3 is 5.97 Å². The van der Waals surface area contributed by atoms with Gasteiger partial charge in [-0.05, 0) is 18.2 Å². The Labute approximate surface area is 135 Å². The normalized spacial score (nSPS) is 10.9. The molecule has 0 aliphatic heterocycles. The van der Waals surface area contributed by atoms with Gasteiger partial charge in [0.1, 0.15) is 11.4 Å². The summed E-state index contributed by atoms with van der Waals surface area (Å²) in [6.07, 6.45) is 0. The number of methoxy groups -OCH3 is 1. The van der Waals surface area contributed by atoms with Crippen LogP contribution in [0.15, 0.2) is 34.7 Å². The van der Waals surface area contributed by atoms with Crippen LogP contribution in [0.3, 0.4) is 0 Å². The van der Waals surface area contributed by atoms with Crippen molar-refractivity contribution in [3.05, 3.63) is 46.1 Å². The van der Waals surface area contributed by atoms with Crippen molar-refractivity contribution >= 4 is 40.3 Å². The van der Waals surface area contributed by atoms with Crippen molar-refractivity contribution in [2.45, 2.75) is 0 Å². The van der Waals surface area contributed by atoms with Gasteiger partial charge < -0.3 is 18.5 Å². The Morgan fingerprint density at radius 1 is 1.23 bits per heavy atom. The standard InChI is InChI=1S/C15H11Cl2NO4/c1-18-10-7-14(21-12-4-3-8(16)5-9(12)17)22-13(10)6-11(18)15(19)20-2/h3-7H,1-2H3. The maximum atomic E-state index is 11.6. The molecule has 22 heavy (non-hydrogen) atoms.